The first-order valence-corrected chi connectivity index (χ1v) is 6.56. The number of fused-ring (bicyclic) bond motifs is 1. The van der Waals surface area contributed by atoms with Gasteiger partial charge in [0.2, 0.25) is 0 Å². The summed E-state index contributed by atoms with van der Waals surface area (Å²) in [4.78, 5) is 4.51. The summed E-state index contributed by atoms with van der Waals surface area (Å²) in [7, 11) is 0. The lowest BCUT2D eigenvalue weighted by Crippen LogP contribution is -1.95. The molecule has 0 radical (unpaired) electrons. The van der Waals surface area contributed by atoms with Gasteiger partial charge in [0.05, 0.1) is 4.47 Å². The minimum absolute atomic E-state index is 0.295. The van der Waals surface area contributed by atoms with Gasteiger partial charge in [-0.1, -0.05) is 6.07 Å². The summed E-state index contributed by atoms with van der Waals surface area (Å²) >= 11 is 3.44. The van der Waals surface area contributed by atoms with Gasteiger partial charge in [-0.05, 0) is 52.7 Å². The third kappa shape index (κ3) is 1.90. The number of pyridine rings is 1. The monoisotopic (exact) mass is 319 g/mol. The van der Waals surface area contributed by atoms with Crippen LogP contribution in [0, 0.1) is 12.7 Å². The van der Waals surface area contributed by atoms with E-state index in [0.29, 0.717) is 17.1 Å². The maximum absolute atomic E-state index is 13.4. The number of aryl methyl sites for hydroxylation is 1. The van der Waals surface area contributed by atoms with E-state index >= 15 is 0 Å². The summed E-state index contributed by atoms with van der Waals surface area (Å²) in [5.41, 5.74) is 9.09. The number of rotatable bonds is 1. The zero-order chi connectivity index (χ0) is 13.6. The van der Waals surface area contributed by atoms with Crippen molar-refractivity contribution < 1.29 is 4.39 Å². The smallest absolute Gasteiger partial charge is 0.153 e. The number of aromatic nitrogens is 2. The Morgan fingerprint density at radius 3 is 2.84 bits per heavy atom. The highest BCUT2D eigenvalue weighted by Gasteiger charge is 2.15. The predicted octanol–water partition coefficient (Wildman–Crippen LogP) is 3.79. The first-order valence-electron chi connectivity index (χ1n) is 5.76. The van der Waals surface area contributed by atoms with Gasteiger partial charge in [0.15, 0.2) is 5.65 Å². The molecule has 0 bridgehead atoms. The van der Waals surface area contributed by atoms with Crippen LogP contribution in [-0.4, -0.2) is 9.38 Å². The van der Waals surface area contributed by atoms with Crippen LogP contribution in [0.15, 0.2) is 41.0 Å². The van der Waals surface area contributed by atoms with Gasteiger partial charge in [-0.2, -0.15) is 0 Å². The van der Waals surface area contributed by atoms with Crippen LogP contribution in [0.4, 0.5) is 10.2 Å². The van der Waals surface area contributed by atoms with E-state index in [9.17, 15) is 4.39 Å². The summed E-state index contributed by atoms with van der Waals surface area (Å²) < 4.78 is 16.0. The molecule has 0 amide bonds. The van der Waals surface area contributed by atoms with Gasteiger partial charge in [0, 0.05) is 11.8 Å². The highest BCUT2D eigenvalue weighted by atomic mass is 79.9. The number of hydrogen-bond acceptors (Lipinski definition) is 2. The van der Waals surface area contributed by atoms with E-state index in [0.717, 1.165) is 15.7 Å². The van der Waals surface area contributed by atoms with Crippen molar-refractivity contribution in [2.45, 2.75) is 6.92 Å². The quantitative estimate of drug-likeness (QED) is 0.741. The Morgan fingerprint density at radius 2 is 2.11 bits per heavy atom. The first-order chi connectivity index (χ1) is 9.08. The van der Waals surface area contributed by atoms with Crippen LogP contribution in [0.2, 0.25) is 0 Å². The van der Waals surface area contributed by atoms with E-state index in [1.807, 2.05) is 25.3 Å². The number of imidazole rings is 1. The third-order valence-corrected chi connectivity index (χ3v) is 3.71. The van der Waals surface area contributed by atoms with Crippen molar-refractivity contribution in [2.75, 3.05) is 5.73 Å². The lowest BCUT2D eigenvalue weighted by molar-refractivity contribution is 0.628. The van der Waals surface area contributed by atoms with Crippen LogP contribution in [-0.2, 0) is 0 Å². The van der Waals surface area contributed by atoms with Crippen LogP contribution < -0.4 is 5.73 Å². The molecule has 3 nitrogen and oxygen atoms in total. The fourth-order valence-electron chi connectivity index (χ4n) is 2.10. The molecular weight excluding hydrogens is 309 g/mol. The average molecular weight is 320 g/mol. The molecule has 0 aliphatic carbocycles. The van der Waals surface area contributed by atoms with E-state index in [1.165, 1.54) is 12.1 Å². The molecule has 0 saturated heterocycles. The maximum Gasteiger partial charge on any atom is 0.153 e. The van der Waals surface area contributed by atoms with Gasteiger partial charge < -0.3 is 5.73 Å². The Labute approximate surface area is 118 Å². The largest absolute Gasteiger partial charge is 0.383 e. The summed E-state index contributed by atoms with van der Waals surface area (Å²) in [6.45, 7) is 1.91. The Morgan fingerprint density at radius 1 is 1.32 bits per heavy atom. The van der Waals surface area contributed by atoms with E-state index < -0.39 is 0 Å². The minimum Gasteiger partial charge on any atom is -0.383 e. The number of nitrogens with two attached hydrogens (primary N) is 1. The molecule has 5 heteroatoms. The number of hydrogen-bond donors (Lipinski definition) is 1. The molecule has 0 atom stereocenters. The molecule has 0 aliphatic rings. The van der Waals surface area contributed by atoms with Crippen molar-refractivity contribution in [1.29, 1.82) is 0 Å². The molecule has 2 aromatic heterocycles. The van der Waals surface area contributed by atoms with E-state index in [1.54, 1.807) is 10.5 Å². The Kier molecular flexibility index (Phi) is 2.78. The SMILES string of the molecule is Cc1ccc(F)cc1-c1nc2c(Br)cccn2c1N. The van der Waals surface area contributed by atoms with Gasteiger partial charge >= 0.3 is 0 Å². The van der Waals surface area contributed by atoms with E-state index in [2.05, 4.69) is 20.9 Å². The van der Waals surface area contributed by atoms with E-state index in [-0.39, 0.29) is 5.82 Å². The molecule has 0 unspecified atom stereocenters. The fourth-order valence-corrected chi connectivity index (χ4v) is 2.53. The van der Waals surface area contributed by atoms with Gasteiger partial charge in [-0.3, -0.25) is 4.40 Å². The van der Waals surface area contributed by atoms with Crippen LogP contribution >= 0.6 is 15.9 Å². The standard InChI is InChI=1S/C14H11BrFN3/c1-8-4-5-9(16)7-10(8)12-13(17)19-6-2-3-11(15)14(19)18-12/h2-7H,17H2,1H3. The van der Waals surface area contributed by atoms with Gasteiger partial charge in [-0.25, -0.2) is 9.37 Å². The van der Waals surface area contributed by atoms with Crippen molar-refractivity contribution in [2.24, 2.45) is 0 Å². The second-order valence-electron chi connectivity index (χ2n) is 4.35. The van der Waals surface area contributed by atoms with Crippen LogP contribution in [0.25, 0.3) is 16.9 Å². The summed E-state index contributed by atoms with van der Waals surface area (Å²) in [5.74, 6) is 0.209. The number of nitrogen functional groups attached to an aromatic ring is 1. The summed E-state index contributed by atoms with van der Waals surface area (Å²) in [6.07, 6.45) is 1.83. The molecule has 0 spiro atoms. The van der Waals surface area contributed by atoms with Gasteiger partial charge in [0.1, 0.15) is 17.3 Å². The van der Waals surface area contributed by atoms with Gasteiger partial charge in [0.25, 0.3) is 0 Å². The van der Waals surface area contributed by atoms with Crippen molar-refractivity contribution in [3.8, 4) is 11.3 Å². The van der Waals surface area contributed by atoms with Crippen molar-refractivity contribution >= 4 is 27.4 Å². The Hall–Kier alpha value is -1.88. The molecule has 3 aromatic rings. The minimum atomic E-state index is -0.295. The summed E-state index contributed by atoms with van der Waals surface area (Å²) in [5, 5.41) is 0. The van der Waals surface area contributed by atoms with Crippen molar-refractivity contribution in [3.05, 3.63) is 52.4 Å². The lowest BCUT2D eigenvalue weighted by Gasteiger charge is -2.03. The molecule has 2 heterocycles. The molecule has 2 N–H and O–H groups in total. The highest BCUT2D eigenvalue weighted by Crippen LogP contribution is 2.31. The number of halogens is 2. The summed E-state index contributed by atoms with van der Waals surface area (Å²) in [6, 6.07) is 8.38. The molecule has 1 aromatic carbocycles. The Balaban J connectivity index is 2.34. The third-order valence-electron chi connectivity index (χ3n) is 3.09. The average Bonchev–Trinajstić information content (AvgIpc) is 2.72. The molecule has 19 heavy (non-hydrogen) atoms. The first kappa shape index (κ1) is 12.2. The maximum atomic E-state index is 13.4. The van der Waals surface area contributed by atoms with Gasteiger partial charge in [-0.15, -0.1) is 0 Å². The normalized spacial score (nSPS) is 11.1. The van der Waals surface area contributed by atoms with Crippen LogP contribution in [0.3, 0.4) is 0 Å². The van der Waals surface area contributed by atoms with E-state index in [4.69, 9.17) is 5.73 Å². The molecule has 96 valence electrons. The number of anilines is 1. The molecule has 3 rings (SSSR count). The topological polar surface area (TPSA) is 43.3 Å². The molecule has 0 saturated carbocycles. The predicted molar refractivity (Wildman–Crippen MR) is 77.4 cm³/mol. The fraction of sp³-hybridized carbons (Fsp3) is 0.0714. The number of nitrogens with zero attached hydrogens (tertiary/aromatic N) is 2. The second kappa shape index (κ2) is 4.35. The Bertz CT molecular complexity index is 780. The van der Waals surface area contributed by atoms with Crippen LogP contribution in [0.1, 0.15) is 5.56 Å². The highest BCUT2D eigenvalue weighted by molar-refractivity contribution is 9.10. The molecular formula is C14H11BrFN3. The zero-order valence-corrected chi connectivity index (χ0v) is 11.8. The second-order valence-corrected chi connectivity index (χ2v) is 5.21. The van der Waals surface area contributed by atoms with Crippen LogP contribution in [0.5, 0.6) is 0 Å². The molecule has 0 fully saturated rings. The number of benzene rings is 1. The van der Waals surface area contributed by atoms with Crippen molar-refractivity contribution in [1.82, 2.24) is 9.38 Å². The van der Waals surface area contributed by atoms with Crippen molar-refractivity contribution in [3.63, 3.8) is 0 Å². The lowest BCUT2D eigenvalue weighted by atomic mass is 10.1. The zero-order valence-electron chi connectivity index (χ0n) is 10.2. The molecule has 0 aliphatic heterocycles.